The molecule has 1 heterocycles. The van der Waals surface area contributed by atoms with Crippen LogP contribution in [0.5, 0.6) is 0 Å². The van der Waals surface area contributed by atoms with Crippen LogP contribution in [-0.2, 0) is 22.5 Å². The maximum Gasteiger partial charge on any atom is 0.337 e. The highest BCUT2D eigenvalue weighted by molar-refractivity contribution is 5.95. The number of benzene rings is 2. The number of amides is 3. The molecule has 1 aliphatic heterocycles. The average Bonchev–Trinajstić information content (AvgIpc) is 3.14. The normalized spacial score (nSPS) is 12.3. The van der Waals surface area contributed by atoms with Crippen LogP contribution in [-0.4, -0.2) is 31.6 Å². The summed E-state index contributed by atoms with van der Waals surface area (Å²) >= 11 is 0. The standard InChI is InChI=1S/C21H23N3O4/c1-3-19(25)24-10-9-15-11-14(7-8-18(15)24)13-22-21(27)23-17-6-4-5-16(12-17)20(26)28-2/h4-8,11-12H,3,9-10,13H2,1-2H3,(H2,22,23,27). The minimum absolute atomic E-state index is 0.123. The van der Waals surface area contributed by atoms with E-state index in [0.29, 0.717) is 30.8 Å². The van der Waals surface area contributed by atoms with Gasteiger partial charge in [-0.3, -0.25) is 4.79 Å². The van der Waals surface area contributed by atoms with Gasteiger partial charge in [-0.1, -0.05) is 25.1 Å². The molecule has 7 nitrogen and oxygen atoms in total. The van der Waals surface area contributed by atoms with E-state index in [1.807, 2.05) is 30.0 Å². The molecule has 0 radical (unpaired) electrons. The van der Waals surface area contributed by atoms with Gasteiger partial charge in [0.1, 0.15) is 0 Å². The number of hydrogen-bond acceptors (Lipinski definition) is 4. The van der Waals surface area contributed by atoms with Crippen molar-refractivity contribution in [2.45, 2.75) is 26.3 Å². The summed E-state index contributed by atoms with van der Waals surface area (Å²) in [5.74, 6) is -0.337. The van der Waals surface area contributed by atoms with Crippen molar-refractivity contribution in [3.63, 3.8) is 0 Å². The number of urea groups is 1. The Morgan fingerprint density at radius 1 is 1.14 bits per heavy atom. The SMILES string of the molecule is CCC(=O)N1CCc2cc(CNC(=O)Nc3cccc(C(=O)OC)c3)ccc21. The molecular weight excluding hydrogens is 358 g/mol. The number of nitrogens with zero attached hydrogens (tertiary/aromatic N) is 1. The van der Waals surface area contributed by atoms with Crippen molar-refractivity contribution in [3.05, 3.63) is 59.2 Å². The third kappa shape index (κ3) is 4.31. The molecule has 0 saturated heterocycles. The number of methoxy groups -OCH3 is 1. The number of nitrogens with one attached hydrogen (secondary N) is 2. The Bertz CT molecular complexity index is 910. The number of hydrogen-bond donors (Lipinski definition) is 2. The smallest absolute Gasteiger partial charge is 0.337 e. The third-order valence-corrected chi connectivity index (χ3v) is 4.64. The van der Waals surface area contributed by atoms with Crippen molar-refractivity contribution < 1.29 is 19.1 Å². The van der Waals surface area contributed by atoms with Gasteiger partial charge in [-0.15, -0.1) is 0 Å². The topological polar surface area (TPSA) is 87.7 Å². The Morgan fingerprint density at radius 2 is 1.96 bits per heavy atom. The minimum atomic E-state index is -0.460. The van der Waals surface area contributed by atoms with Crippen LogP contribution in [0.25, 0.3) is 0 Å². The van der Waals surface area contributed by atoms with Crippen LogP contribution in [0.2, 0.25) is 0 Å². The molecule has 0 spiro atoms. The molecule has 3 rings (SSSR count). The zero-order chi connectivity index (χ0) is 20.1. The molecule has 0 saturated carbocycles. The van der Waals surface area contributed by atoms with Crippen molar-refractivity contribution in [2.24, 2.45) is 0 Å². The third-order valence-electron chi connectivity index (χ3n) is 4.64. The second-order valence-electron chi connectivity index (χ2n) is 6.49. The number of carbonyl (C=O) groups excluding carboxylic acids is 3. The lowest BCUT2D eigenvalue weighted by molar-refractivity contribution is -0.118. The van der Waals surface area contributed by atoms with E-state index in [4.69, 9.17) is 0 Å². The lowest BCUT2D eigenvalue weighted by atomic mass is 10.1. The first-order valence-electron chi connectivity index (χ1n) is 9.17. The van der Waals surface area contributed by atoms with Gasteiger partial charge in [0.25, 0.3) is 0 Å². The maximum absolute atomic E-state index is 12.2. The first-order valence-corrected chi connectivity index (χ1v) is 9.17. The average molecular weight is 381 g/mol. The first-order chi connectivity index (χ1) is 13.5. The number of rotatable bonds is 5. The van der Waals surface area contributed by atoms with Crippen LogP contribution in [0.3, 0.4) is 0 Å². The molecule has 28 heavy (non-hydrogen) atoms. The minimum Gasteiger partial charge on any atom is -0.465 e. The molecule has 0 aromatic heterocycles. The van der Waals surface area contributed by atoms with E-state index < -0.39 is 5.97 Å². The zero-order valence-corrected chi connectivity index (χ0v) is 16.0. The van der Waals surface area contributed by atoms with Crippen molar-refractivity contribution in [1.29, 1.82) is 0 Å². The van der Waals surface area contributed by atoms with Crippen molar-refractivity contribution in [3.8, 4) is 0 Å². The molecule has 0 unspecified atom stereocenters. The fourth-order valence-electron chi connectivity index (χ4n) is 3.21. The molecule has 1 aliphatic rings. The number of ether oxygens (including phenoxy) is 1. The van der Waals surface area contributed by atoms with Gasteiger partial charge in [0.05, 0.1) is 12.7 Å². The Kier molecular flexibility index (Phi) is 5.93. The van der Waals surface area contributed by atoms with E-state index in [1.54, 1.807) is 24.3 Å². The summed E-state index contributed by atoms with van der Waals surface area (Å²) in [5.41, 5.74) is 3.91. The van der Waals surface area contributed by atoms with Gasteiger partial charge in [0.2, 0.25) is 5.91 Å². The monoisotopic (exact) mass is 381 g/mol. The summed E-state index contributed by atoms with van der Waals surface area (Å²) in [6, 6.07) is 12.0. The quantitative estimate of drug-likeness (QED) is 0.779. The Hall–Kier alpha value is -3.35. The second-order valence-corrected chi connectivity index (χ2v) is 6.49. The van der Waals surface area contributed by atoms with Crippen LogP contribution in [0.4, 0.5) is 16.2 Å². The number of fused-ring (bicyclic) bond motifs is 1. The molecule has 146 valence electrons. The van der Waals surface area contributed by atoms with Crippen LogP contribution in [0.1, 0.15) is 34.8 Å². The van der Waals surface area contributed by atoms with Crippen LogP contribution >= 0.6 is 0 Å². The fourth-order valence-corrected chi connectivity index (χ4v) is 3.21. The highest BCUT2D eigenvalue weighted by Crippen LogP contribution is 2.29. The van der Waals surface area contributed by atoms with Crippen LogP contribution < -0.4 is 15.5 Å². The summed E-state index contributed by atoms with van der Waals surface area (Å²) in [7, 11) is 1.31. The zero-order valence-electron chi connectivity index (χ0n) is 16.0. The summed E-state index contributed by atoms with van der Waals surface area (Å²) in [6.07, 6.45) is 1.31. The first kappa shape index (κ1) is 19.4. The highest BCUT2D eigenvalue weighted by atomic mass is 16.5. The fraction of sp³-hybridized carbons (Fsp3) is 0.286. The molecule has 3 amide bonds. The van der Waals surface area contributed by atoms with Gasteiger partial charge in [-0.2, -0.15) is 0 Å². The molecule has 0 aliphatic carbocycles. The molecule has 0 atom stereocenters. The molecule has 2 N–H and O–H groups in total. The lowest BCUT2D eigenvalue weighted by Crippen LogP contribution is -2.28. The van der Waals surface area contributed by atoms with Gasteiger partial charge in [-0.25, -0.2) is 9.59 Å². The largest absolute Gasteiger partial charge is 0.465 e. The van der Waals surface area contributed by atoms with Crippen molar-refractivity contribution in [1.82, 2.24) is 5.32 Å². The number of carbonyl (C=O) groups is 3. The molecule has 2 aromatic rings. The summed E-state index contributed by atoms with van der Waals surface area (Å²) in [6.45, 7) is 2.92. The summed E-state index contributed by atoms with van der Waals surface area (Å²) in [5, 5.41) is 5.50. The Labute approximate surface area is 163 Å². The van der Waals surface area contributed by atoms with Gasteiger partial charge >= 0.3 is 12.0 Å². The Morgan fingerprint density at radius 3 is 2.71 bits per heavy atom. The lowest BCUT2D eigenvalue weighted by Gasteiger charge is -2.16. The molecule has 0 bridgehead atoms. The molecular formula is C21H23N3O4. The predicted octanol–water partition coefficient (Wildman–Crippen LogP) is 3.09. The van der Waals surface area contributed by atoms with E-state index >= 15 is 0 Å². The summed E-state index contributed by atoms with van der Waals surface area (Å²) in [4.78, 5) is 37.5. The Balaban J connectivity index is 1.58. The van der Waals surface area contributed by atoms with Gasteiger partial charge < -0.3 is 20.3 Å². The predicted molar refractivity (Wildman–Crippen MR) is 106 cm³/mol. The van der Waals surface area contributed by atoms with Crippen LogP contribution in [0.15, 0.2) is 42.5 Å². The number of anilines is 2. The van der Waals surface area contributed by atoms with E-state index in [1.165, 1.54) is 7.11 Å². The van der Waals surface area contributed by atoms with E-state index in [-0.39, 0.29) is 11.9 Å². The second kappa shape index (κ2) is 8.56. The highest BCUT2D eigenvalue weighted by Gasteiger charge is 2.23. The number of esters is 1. The van der Waals surface area contributed by atoms with E-state index in [0.717, 1.165) is 23.2 Å². The van der Waals surface area contributed by atoms with Gasteiger partial charge in [-0.05, 0) is 41.8 Å². The maximum atomic E-state index is 12.2. The van der Waals surface area contributed by atoms with E-state index in [2.05, 4.69) is 15.4 Å². The van der Waals surface area contributed by atoms with Crippen molar-refractivity contribution >= 4 is 29.3 Å². The van der Waals surface area contributed by atoms with Gasteiger partial charge in [0, 0.05) is 30.9 Å². The van der Waals surface area contributed by atoms with Gasteiger partial charge in [0.15, 0.2) is 0 Å². The molecule has 2 aromatic carbocycles. The van der Waals surface area contributed by atoms with Crippen molar-refractivity contribution in [2.75, 3.05) is 23.9 Å². The molecule has 7 heteroatoms. The van der Waals surface area contributed by atoms with E-state index in [9.17, 15) is 14.4 Å². The van der Waals surface area contributed by atoms with Crippen LogP contribution in [0, 0.1) is 0 Å². The molecule has 0 fully saturated rings. The summed E-state index contributed by atoms with van der Waals surface area (Å²) < 4.78 is 4.68.